The molecule has 19 heavy (non-hydrogen) atoms. The lowest BCUT2D eigenvalue weighted by Crippen LogP contribution is -2.20. The summed E-state index contributed by atoms with van der Waals surface area (Å²) in [5.74, 6) is 0.250. The predicted molar refractivity (Wildman–Crippen MR) is 75.1 cm³/mol. The Labute approximate surface area is 117 Å². The van der Waals surface area contributed by atoms with Crippen LogP contribution in [0, 0.1) is 11.7 Å². The van der Waals surface area contributed by atoms with Crippen LogP contribution in [0.25, 0.3) is 5.69 Å². The Kier molecular flexibility index (Phi) is 4.56. The fourth-order valence-electron chi connectivity index (χ4n) is 1.88. The molecule has 2 rings (SSSR count). The summed E-state index contributed by atoms with van der Waals surface area (Å²) in [4.78, 5) is 0. The van der Waals surface area contributed by atoms with Gasteiger partial charge in [-0.05, 0) is 24.1 Å². The first kappa shape index (κ1) is 14.0. The molecule has 1 N–H and O–H groups in total. The second-order valence-corrected chi connectivity index (χ2v) is 5.31. The van der Waals surface area contributed by atoms with E-state index in [1.165, 1.54) is 16.9 Å². The predicted octanol–water partition coefficient (Wildman–Crippen LogP) is 3.41. The fraction of sp³-hybridized carbons (Fsp3) is 0.357. The Balaban J connectivity index is 2.26. The SMILES string of the molecule is CC(C)CNCc1cccc(F)c1-n1cc(Cl)cn1. The number of benzene rings is 1. The molecule has 5 heteroatoms. The van der Waals surface area contributed by atoms with Gasteiger partial charge >= 0.3 is 0 Å². The van der Waals surface area contributed by atoms with Gasteiger partial charge in [0.05, 0.1) is 11.2 Å². The molecule has 2 aromatic rings. The zero-order valence-corrected chi connectivity index (χ0v) is 11.8. The molecule has 0 aliphatic heterocycles. The van der Waals surface area contributed by atoms with E-state index in [4.69, 9.17) is 11.6 Å². The van der Waals surface area contributed by atoms with Gasteiger partial charge < -0.3 is 5.32 Å². The lowest BCUT2D eigenvalue weighted by atomic mass is 10.1. The van der Waals surface area contributed by atoms with E-state index in [2.05, 4.69) is 24.3 Å². The topological polar surface area (TPSA) is 29.9 Å². The number of aromatic nitrogens is 2. The number of halogens is 2. The highest BCUT2D eigenvalue weighted by Crippen LogP contribution is 2.20. The maximum absolute atomic E-state index is 14.0. The molecule has 0 saturated heterocycles. The van der Waals surface area contributed by atoms with Crippen LogP contribution in [0.2, 0.25) is 5.02 Å². The molecule has 0 atom stereocenters. The molecule has 0 spiro atoms. The van der Waals surface area contributed by atoms with Crippen molar-refractivity contribution in [1.82, 2.24) is 15.1 Å². The van der Waals surface area contributed by atoms with Crippen molar-refractivity contribution in [3.05, 3.63) is 47.0 Å². The van der Waals surface area contributed by atoms with E-state index in [1.54, 1.807) is 12.3 Å². The van der Waals surface area contributed by atoms with Gasteiger partial charge in [-0.15, -0.1) is 0 Å². The van der Waals surface area contributed by atoms with Crippen LogP contribution in [-0.4, -0.2) is 16.3 Å². The van der Waals surface area contributed by atoms with E-state index in [-0.39, 0.29) is 5.82 Å². The van der Waals surface area contributed by atoms with Crippen molar-refractivity contribution < 1.29 is 4.39 Å². The van der Waals surface area contributed by atoms with Gasteiger partial charge in [0, 0.05) is 12.7 Å². The van der Waals surface area contributed by atoms with Gasteiger partial charge in [0.25, 0.3) is 0 Å². The maximum atomic E-state index is 14.0. The largest absolute Gasteiger partial charge is 0.312 e. The van der Waals surface area contributed by atoms with Gasteiger partial charge in [-0.1, -0.05) is 37.6 Å². The first-order valence-electron chi connectivity index (χ1n) is 6.26. The summed E-state index contributed by atoms with van der Waals surface area (Å²) in [6, 6.07) is 5.02. The van der Waals surface area contributed by atoms with E-state index >= 15 is 0 Å². The number of hydrogen-bond acceptors (Lipinski definition) is 2. The van der Waals surface area contributed by atoms with E-state index < -0.39 is 0 Å². The third-order valence-corrected chi connectivity index (χ3v) is 2.91. The Bertz CT molecular complexity index is 551. The fourth-order valence-corrected chi connectivity index (χ4v) is 2.01. The monoisotopic (exact) mass is 281 g/mol. The molecule has 0 aliphatic carbocycles. The molecule has 0 unspecified atom stereocenters. The Morgan fingerprint density at radius 1 is 1.42 bits per heavy atom. The second-order valence-electron chi connectivity index (χ2n) is 4.88. The third-order valence-electron chi connectivity index (χ3n) is 2.72. The van der Waals surface area contributed by atoms with Gasteiger partial charge in [-0.2, -0.15) is 5.10 Å². The zero-order valence-electron chi connectivity index (χ0n) is 11.0. The van der Waals surface area contributed by atoms with Gasteiger partial charge in [0.2, 0.25) is 0 Å². The average Bonchev–Trinajstić information content (AvgIpc) is 2.75. The van der Waals surface area contributed by atoms with Gasteiger partial charge in [-0.3, -0.25) is 0 Å². The Morgan fingerprint density at radius 3 is 2.84 bits per heavy atom. The summed E-state index contributed by atoms with van der Waals surface area (Å²) in [6.07, 6.45) is 3.10. The van der Waals surface area contributed by atoms with Crippen molar-refractivity contribution in [3.63, 3.8) is 0 Å². The standard InChI is InChI=1S/C14H17ClFN3/c1-10(2)6-17-7-11-4-3-5-13(16)14(11)19-9-12(15)8-18-19/h3-5,8-10,17H,6-7H2,1-2H3. The van der Waals surface area contributed by atoms with E-state index in [9.17, 15) is 4.39 Å². The number of nitrogens with one attached hydrogen (secondary N) is 1. The van der Waals surface area contributed by atoms with Crippen LogP contribution < -0.4 is 5.32 Å². The molecular formula is C14H17ClFN3. The first-order valence-corrected chi connectivity index (χ1v) is 6.64. The smallest absolute Gasteiger partial charge is 0.149 e. The van der Waals surface area contributed by atoms with Crippen molar-refractivity contribution in [2.75, 3.05) is 6.54 Å². The molecular weight excluding hydrogens is 265 g/mol. The van der Waals surface area contributed by atoms with E-state index in [0.717, 1.165) is 12.1 Å². The van der Waals surface area contributed by atoms with Crippen molar-refractivity contribution in [2.24, 2.45) is 5.92 Å². The lowest BCUT2D eigenvalue weighted by molar-refractivity contribution is 0.547. The number of nitrogens with zero attached hydrogens (tertiary/aromatic N) is 2. The van der Waals surface area contributed by atoms with Crippen LogP contribution in [0.15, 0.2) is 30.6 Å². The summed E-state index contributed by atoms with van der Waals surface area (Å²) in [6.45, 7) is 5.75. The summed E-state index contributed by atoms with van der Waals surface area (Å²) in [5.41, 5.74) is 1.31. The molecule has 0 bridgehead atoms. The van der Waals surface area contributed by atoms with Crippen LogP contribution in [0.3, 0.4) is 0 Å². The minimum Gasteiger partial charge on any atom is -0.312 e. The van der Waals surface area contributed by atoms with Crippen LogP contribution >= 0.6 is 11.6 Å². The van der Waals surface area contributed by atoms with Crippen LogP contribution in [0.4, 0.5) is 4.39 Å². The average molecular weight is 282 g/mol. The normalized spacial score (nSPS) is 11.2. The highest BCUT2D eigenvalue weighted by molar-refractivity contribution is 6.30. The minimum atomic E-state index is -0.302. The Morgan fingerprint density at radius 2 is 2.21 bits per heavy atom. The van der Waals surface area contributed by atoms with Gasteiger partial charge in [0.15, 0.2) is 0 Å². The number of para-hydroxylation sites is 1. The third kappa shape index (κ3) is 3.55. The molecule has 1 aromatic carbocycles. The summed E-state index contributed by atoms with van der Waals surface area (Å²) < 4.78 is 15.5. The van der Waals surface area contributed by atoms with Gasteiger partial charge in [-0.25, -0.2) is 9.07 Å². The molecule has 1 aromatic heterocycles. The van der Waals surface area contributed by atoms with Crippen molar-refractivity contribution in [2.45, 2.75) is 20.4 Å². The summed E-state index contributed by atoms with van der Waals surface area (Å²) >= 11 is 5.84. The molecule has 0 fully saturated rings. The number of rotatable bonds is 5. The zero-order chi connectivity index (χ0) is 13.8. The Hall–Kier alpha value is -1.39. The molecule has 0 amide bonds. The van der Waals surface area contributed by atoms with Crippen LogP contribution in [0.5, 0.6) is 0 Å². The van der Waals surface area contributed by atoms with Crippen LogP contribution in [-0.2, 0) is 6.54 Å². The van der Waals surface area contributed by atoms with Crippen molar-refractivity contribution in [3.8, 4) is 5.69 Å². The highest BCUT2D eigenvalue weighted by Gasteiger charge is 2.11. The van der Waals surface area contributed by atoms with E-state index in [1.807, 2.05) is 6.07 Å². The quantitative estimate of drug-likeness (QED) is 0.910. The molecule has 1 heterocycles. The number of hydrogen-bond donors (Lipinski definition) is 1. The van der Waals surface area contributed by atoms with Crippen molar-refractivity contribution >= 4 is 11.6 Å². The lowest BCUT2D eigenvalue weighted by Gasteiger charge is -2.12. The summed E-state index contributed by atoms with van der Waals surface area (Å²) in [7, 11) is 0. The molecule has 3 nitrogen and oxygen atoms in total. The second kappa shape index (κ2) is 6.17. The molecule has 102 valence electrons. The molecule has 0 saturated carbocycles. The molecule has 0 aliphatic rings. The van der Waals surface area contributed by atoms with Crippen LogP contribution in [0.1, 0.15) is 19.4 Å². The van der Waals surface area contributed by atoms with E-state index in [0.29, 0.717) is 23.2 Å². The van der Waals surface area contributed by atoms with Gasteiger partial charge in [0.1, 0.15) is 11.5 Å². The maximum Gasteiger partial charge on any atom is 0.149 e. The minimum absolute atomic E-state index is 0.302. The highest BCUT2D eigenvalue weighted by atomic mass is 35.5. The molecule has 0 radical (unpaired) electrons. The first-order chi connectivity index (χ1) is 9.08. The van der Waals surface area contributed by atoms with Crippen molar-refractivity contribution in [1.29, 1.82) is 0 Å². The summed E-state index contributed by atoms with van der Waals surface area (Å²) in [5, 5.41) is 7.86.